The number of rotatable bonds is 6. The van der Waals surface area contributed by atoms with Crippen molar-refractivity contribution in [2.75, 3.05) is 19.0 Å². The van der Waals surface area contributed by atoms with Crippen molar-refractivity contribution in [3.8, 4) is 5.75 Å². The van der Waals surface area contributed by atoms with Crippen LogP contribution in [0.5, 0.6) is 5.75 Å². The molecule has 1 aromatic carbocycles. The number of aliphatic hydroxyl groups is 1. The zero-order chi connectivity index (χ0) is 15.1. The van der Waals surface area contributed by atoms with Crippen LogP contribution in [0.15, 0.2) is 22.7 Å². The van der Waals surface area contributed by atoms with Gasteiger partial charge in [0.05, 0.1) is 12.8 Å². The number of ether oxygens (including phenoxy) is 1. The molecule has 7 nitrogen and oxygen atoms in total. The molecule has 0 aliphatic carbocycles. The molecule has 0 fully saturated rings. The molecule has 0 radical (unpaired) electrons. The van der Waals surface area contributed by atoms with Gasteiger partial charge in [-0.1, -0.05) is 0 Å². The Morgan fingerprint density at radius 2 is 2.15 bits per heavy atom. The van der Waals surface area contributed by atoms with E-state index >= 15 is 0 Å². The van der Waals surface area contributed by atoms with E-state index in [0.717, 1.165) is 0 Å². The molecule has 0 bridgehead atoms. The van der Waals surface area contributed by atoms with Gasteiger partial charge in [0.2, 0.25) is 0 Å². The SMILES string of the molecule is COc1ccc(Br)c(NC(=O)N[C@@H](CCO)C(=O)O)c1. The van der Waals surface area contributed by atoms with E-state index < -0.39 is 18.0 Å². The Kier molecular flexibility index (Phi) is 6.26. The molecule has 0 aliphatic rings. The Bertz CT molecular complexity index is 495. The first-order chi connectivity index (χ1) is 9.47. The first kappa shape index (κ1) is 16.3. The van der Waals surface area contributed by atoms with E-state index in [4.69, 9.17) is 14.9 Å². The number of carboxylic acids is 1. The lowest BCUT2D eigenvalue weighted by atomic mass is 10.2. The van der Waals surface area contributed by atoms with Crippen molar-refractivity contribution in [3.63, 3.8) is 0 Å². The third-order valence-electron chi connectivity index (χ3n) is 2.44. The van der Waals surface area contributed by atoms with Gasteiger partial charge in [0, 0.05) is 23.6 Å². The molecule has 1 rings (SSSR count). The average Bonchev–Trinajstić information content (AvgIpc) is 2.40. The first-order valence-corrected chi connectivity index (χ1v) is 6.52. The quantitative estimate of drug-likeness (QED) is 0.622. The van der Waals surface area contributed by atoms with Gasteiger partial charge in [0.15, 0.2) is 0 Å². The topological polar surface area (TPSA) is 108 Å². The van der Waals surface area contributed by atoms with Crippen LogP contribution in [0.25, 0.3) is 0 Å². The van der Waals surface area contributed by atoms with Gasteiger partial charge >= 0.3 is 12.0 Å². The smallest absolute Gasteiger partial charge is 0.326 e. The monoisotopic (exact) mass is 346 g/mol. The highest BCUT2D eigenvalue weighted by atomic mass is 79.9. The molecular formula is C12H15BrN2O5. The number of aliphatic hydroxyl groups excluding tert-OH is 1. The van der Waals surface area contributed by atoms with Gasteiger partial charge < -0.3 is 25.6 Å². The molecule has 0 heterocycles. The summed E-state index contributed by atoms with van der Waals surface area (Å²) < 4.78 is 5.66. The van der Waals surface area contributed by atoms with Crippen molar-refractivity contribution in [3.05, 3.63) is 22.7 Å². The fourth-order valence-electron chi connectivity index (χ4n) is 1.43. The van der Waals surface area contributed by atoms with E-state index in [1.807, 2.05) is 0 Å². The van der Waals surface area contributed by atoms with Crippen LogP contribution in [0.2, 0.25) is 0 Å². The second-order valence-electron chi connectivity index (χ2n) is 3.85. The highest BCUT2D eigenvalue weighted by molar-refractivity contribution is 9.10. The van der Waals surface area contributed by atoms with Crippen molar-refractivity contribution >= 4 is 33.6 Å². The standard InChI is InChI=1S/C12H15BrN2O5/c1-20-7-2-3-8(13)10(6-7)15-12(19)14-9(4-5-16)11(17)18/h2-3,6,9,16H,4-5H2,1H3,(H,17,18)(H2,14,15,19)/t9-/m0/s1. The van der Waals surface area contributed by atoms with Crippen LogP contribution in [0.1, 0.15) is 6.42 Å². The number of nitrogens with one attached hydrogen (secondary N) is 2. The van der Waals surface area contributed by atoms with E-state index in [9.17, 15) is 9.59 Å². The number of methoxy groups -OCH3 is 1. The number of aliphatic carboxylic acids is 1. The number of halogens is 1. The summed E-state index contributed by atoms with van der Waals surface area (Å²) in [6.07, 6.45) is -0.0674. The molecule has 2 amide bonds. The minimum absolute atomic E-state index is 0.0674. The number of hydrogen-bond acceptors (Lipinski definition) is 4. The van der Waals surface area contributed by atoms with Crippen LogP contribution in [0.4, 0.5) is 10.5 Å². The highest BCUT2D eigenvalue weighted by Gasteiger charge is 2.19. The van der Waals surface area contributed by atoms with Gasteiger partial charge in [0.1, 0.15) is 11.8 Å². The number of anilines is 1. The molecule has 8 heteroatoms. The molecule has 1 atom stereocenters. The fraction of sp³-hybridized carbons (Fsp3) is 0.333. The molecule has 0 saturated heterocycles. The third-order valence-corrected chi connectivity index (χ3v) is 3.13. The summed E-state index contributed by atoms with van der Waals surface area (Å²) in [6, 6.07) is 3.16. The second kappa shape index (κ2) is 7.71. The molecule has 0 saturated carbocycles. The minimum Gasteiger partial charge on any atom is -0.497 e. The van der Waals surface area contributed by atoms with Gasteiger partial charge in [-0.25, -0.2) is 9.59 Å². The van der Waals surface area contributed by atoms with Crippen LogP contribution < -0.4 is 15.4 Å². The van der Waals surface area contributed by atoms with E-state index in [-0.39, 0.29) is 13.0 Å². The largest absolute Gasteiger partial charge is 0.497 e. The Labute approximate surface area is 124 Å². The summed E-state index contributed by atoms with van der Waals surface area (Å²) in [5, 5.41) is 22.4. The lowest BCUT2D eigenvalue weighted by molar-refractivity contribution is -0.139. The summed E-state index contributed by atoms with van der Waals surface area (Å²) in [5.74, 6) is -0.660. The molecule has 0 aromatic heterocycles. The zero-order valence-corrected chi connectivity index (χ0v) is 12.3. The van der Waals surface area contributed by atoms with Crippen LogP contribution >= 0.6 is 15.9 Å². The van der Waals surface area contributed by atoms with Gasteiger partial charge in [-0.3, -0.25) is 0 Å². The van der Waals surface area contributed by atoms with Crippen molar-refractivity contribution in [2.45, 2.75) is 12.5 Å². The number of hydrogen-bond donors (Lipinski definition) is 4. The molecule has 20 heavy (non-hydrogen) atoms. The zero-order valence-electron chi connectivity index (χ0n) is 10.7. The Morgan fingerprint density at radius 1 is 1.45 bits per heavy atom. The minimum atomic E-state index is -1.21. The van der Waals surface area contributed by atoms with E-state index in [1.54, 1.807) is 18.2 Å². The number of carbonyl (C=O) groups is 2. The number of benzene rings is 1. The van der Waals surface area contributed by atoms with Crippen molar-refractivity contribution in [2.24, 2.45) is 0 Å². The maximum Gasteiger partial charge on any atom is 0.326 e. The summed E-state index contributed by atoms with van der Waals surface area (Å²) in [7, 11) is 1.49. The molecule has 4 N–H and O–H groups in total. The normalized spacial score (nSPS) is 11.6. The Morgan fingerprint density at radius 3 is 2.70 bits per heavy atom. The average molecular weight is 347 g/mol. The lowest BCUT2D eigenvalue weighted by Crippen LogP contribution is -2.43. The number of urea groups is 1. The third kappa shape index (κ3) is 4.71. The summed E-state index contributed by atoms with van der Waals surface area (Å²) in [6.45, 7) is -0.333. The lowest BCUT2D eigenvalue weighted by Gasteiger charge is -2.15. The predicted molar refractivity (Wildman–Crippen MR) is 76.0 cm³/mol. The molecule has 0 spiro atoms. The molecule has 1 aromatic rings. The molecule has 0 unspecified atom stereocenters. The van der Waals surface area contributed by atoms with E-state index in [2.05, 4.69) is 26.6 Å². The van der Waals surface area contributed by atoms with Crippen LogP contribution in [-0.4, -0.2) is 42.0 Å². The number of carboxylic acid groups (broad SMARTS) is 1. The van der Waals surface area contributed by atoms with Crippen LogP contribution in [-0.2, 0) is 4.79 Å². The Hall–Kier alpha value is -1.80. The van der Waals surface area contributed by atoms with Crippen LogP contribution in [0, 0.1) is 0 Å². The van der Waals surface area contributed by atoms with Gasteiger partial charge in [-0.15, -0.1) is 0 Å². The van der Waals surface area contributed by atoms with Gasteiger partial charge in [-0.05, 0) is 28.1 Å². The molecule has 0 aliphatic heterocycles. The second-order valence-corrected chi connectivity index (χ2v) is 4.70. The summed E-state index contributed by atoms with van der Waals surface area (Å²) in [4.78, 5) is 22.6. The predicted octanol–water partition coefficient (Wildman–Crippen LogP) is 1.41. The van der Waals surface area contributed by atoms with Crippen molar-refractivity contribution < 1.29 is 24.5 Å². The van der Waals surface area contributed by atoms with Crippen molar-refractivity contribution in [1.82, 2.24) is 5.32 Å². The highest BCUT2D eigenvalue weighted by Crippen LogP contribution is 2.26. The maximum absolute atomic E-state index is 11.7. The van der Waals surface area contributed by atoms with Crippen molar-refractivity contribution in [1.29, 1.82) is 0 Å². The van der Waals surface area contributed by atoms with Crippen LogP contribution in [0.3, 0.4) is 0 Å². The summed E-state index contributed by atoms with van der Waals surface area (Å²) in [5.41, 5.74) is 0.440. The van der Waals surface area contributed by atoms with Gasteiger partial charge in [-0.2, -0.15) is 0 Å². The summed E-state index contributed by atoms with van der Waals surface area (Å²) >= 11 is 3.26. The first-order valence-electron chi connectivity index (χ1n) is 5.72. The van der Waals surface area contributed by atoms with E-state index in [1.165, 1.54) is 7.11 Å². The fourth-order valence-corrected chi connectivity index (χ4v) is 1.78. The van der Waals surface area contributed by atoms with E-state index in [0.29, 0.717) is 15.9 Å². The Balaban J connectivity index is 2.72. The number of amides is 2. The number of carbonyl (C=O) groups excluding carboxylic acids is 1. The maximum atomic E-state index is 11.7. The molecule has 110 valence electrons. The van der Waals surface area contributed by atoms with Gasteiger partial charge in [0.25, 0.3) is 0 Å². The molecular weight excluding hydrogens is 332 g/mol.